The molecule has 9 rings (SSSR count). The largest absolute Gasteiger partial charge is 0.436 e. The predicted octanol–water partition coefficient (Wildman–Crippen LogP) is 11.7. The van der Waals surface area contributed by atoms with Crippen molar-refractivity contribution in [1.29, 1.82) is 0 Å². The van der Waals surface area contributed by atoms with E-state index in [0.29, 0.717) is 23.4 Å². The zero-order chi connectivity index (χ0) is 34.0. The quantitative estimate of drug-likeness (QED) is 0.171. The van der Waals surface area contributed by atoms with E-state index in [1.54, 1.807) is 0 Å². The molecule has 51 heavy (non-hydrogen) atoms. The Morgan fingerprint density at radius 3 is 1.27 bits per heavy atom. The minimum Gasteiger partial charge on any atom is -0.436 e. The van der Waals surface area contributed by atoms with Crippen LogP contribution in [0.1, 0.15) is 0 Å². The highest BCUT2D eigenvalue weighted by Gasteiger charge is 2.14. The molecule has 0 spiro atoms. The smallest absolute Gasteiger partial charge is 0.227 e. The van der Waals surface area contributed by atoms with Crippen LogP contribution in [0.25, 0.3) is 90.1 Å². The number of oxazole rings is 1. The summed E-state index contributed by atoms with van der Waals surface area (Å²) in [5.41, 5.74) is 12.1. The van der Waals surface area contributed by atoms with Crippen LogP contribution in [0, 0.1) is 0 Å². The van der Waals surface area contributed by atoms with Crippen LogP contribution >= 0.6 is 0 Å². The Morgan fingerprint density at radius 2 is 0.667 bits per heavy atom. The molecule has 5 nitrogen and oxygen atoms in total. The van der Waals surface area contributed by atoms with Crippen molar-refractivity contribution in [2.75, 3.05) is 0 Å². The molecule has 7 aromatic carbocycles. The van der Waals surface area contributed by atoms with Crippen molar-refractivity contribution in [1.82, 2.24) is 19.9 Å². The molecule has 5 heteroatoms. The molecule has 9 aromatic rings. The van der Waals surface area contributed by atoms with Crippen molar-refractivity contribution in [2.45, 2.75) is 0 Å². The van der Waals surface area contributed by atoms with Gasteiger partial charge < -0.3 is 4.42 Å². The molecule has 0 amide bonds. The third-order valence-corrected chi connectivity index (χ3v) is 9.00. The van der Waals surface area contributed by atoms with Gasteiger partial charge in [0.15, 0.2) is 23.1 Å². The summed E-state index contributed by atoms with van der Waals surface area (Å²) in [7, 11) is 0. The highest BCUT2D eigenvalue weighted by atomic mass is 16.3. The van der Waals surface area contributed by atoms with E-state index in [0.717, 1.165) is 66.7 Å². The number of benzene rings is 7. The lowest BCUT2D eigenvalue weighted by molar-refractivity contribution is 0.620. The lowest BCUT2D eigenvalue weighted by Crippen LogP contribution is -2.00. The van der Waals surface area contributed by atoms with E-state index < -0.39 is 0 Å². The lowest BCUT2D eigenvalue weighted by Gasteiger charge is -2.10. The fourth-order valence-corrected chi connectivity index (χ4v) is 6.30. The van der Waals surface area contributed by atoms with Gasteiger partial charge in [-0.3, -0.25) is 0 Å². The van der Waals surface area contributed by atoms with Gasteiger partial charge in [0.25, 0.3) is 0 Å². The van der Waals surface area contributed by atoms with Gasteiger partial charge in [-0.2, -0.15) is 0 Å². The first-order chi connectivity index (χ1) is 25.2. The van der Waals surface area contributed by atoms with Crippen LogP contribution in [0.2, 0.25) is 0 Å². The predicted molar refractivity (Wildman–Crippen MR) is 205 cm³/mol. The molecule has 0 fully saturated rings. The van der Waals surface area contributed by atoms with Gasteiger partial charge in [-0.1, -0.05) is 152 Å². The molecule has 0 aliphatic rings. The Hall–Kier alpha value is -6.98. The third kappa shape index (κ3) is 6.20. The summed E-state index contributed by atoms with van der Waals surface area (Å²) in [5.74, 6) is 2.53. The molecule has 2 heterocycles. The summed E-state index contributed by atoms with van der Waals surface area (Å²) in [5, 5.41) is 0. The third-order valence-electron chi connectivity index (χ3n) is 9.00. The number of aromatic nitrogens is 4. The molecule has 0 saturated carbocycles. The Bertz CT molecular complexity index is 2600. The number of nitrogens with zero attached hydrogens (tertiary/aromatic N) is 4. The summed E-state index contributed by atoms with van der Waals surface area (Å²) >= 11 is 0. The second-order valence-electron chi connectivity index (χ2n) is 12.3. The van der Waals surface area contributed by atoms with Gasteiger partial charge in [-0.05, 0) is 63.7 Å². The zero-order valence-electron chi connectivity index (χ0n) is 27.5. The summed E-state index contributed by atoms with van der Waals surface area (Å²) < 4.78 is 6.02. The van der Waals surface area contributed by atoms with Gasteiger partial charge in [0.05, 0.1) is 0 Å². The van der Waals surface area contributed by atoms with Crippen LogP contribution in [-0.4, -0.2) is 19.9 Å². The Morgan fingerprint density at radius 1 is 0.275 bits per heavy atom. The van der Waals surface area contributed by atoms with Gasteiger partial charge >= 0.3 is 0 Å². The van der Waals surface area contributed by atoms with E-state index in [-0.39, 0.29) is 0 Å². The summed E-state index contributed by atoms with van der Waals surface area (Å²) in [6.45, 7) is 0. The molecular weight excluding hydrogens is 625 g/mol. The first-order valence-corrected chi connectivity index (χ1v) is 16.9. The highest BCUT2D eigenvalue weighted by molar-refractivity contribution is 5.83. The lowest BCUT2D eigenvalue weighted by atomic mass is 9.99. The molecule has 0 N–H and O–H groups in total. The molecular formula is C46H30N4O. The van der Waals surface area contributed by atoms with Crippen molar-refractivity contribution in [2.24, 2.45) is 0 Å². The molecule has 0 unspecified atom stereocenters. The van der Waals surface area contributed by atoms with Crippen LogP contribution in [0.4, 0.5) is 0 Å². The summed E-state index contributed by atoms with van der Waals surface area (Å²) in [6.07, 6.45) is 0. The second kappa shape index (κ2) is 13.1. The van der Waals surface area contributed by atoms with E-state index in [2.05, 4.69) is 109 Å². The van der Waals surface area contributed by atoms with Crippen LogP contribution in [0.15, 0.2) is 186 Å². The van der Waals surface area contributed by atoms with Gasteiger partial charge in [-0.15, -0.1) is 0 Å². The Kier molecular flexibility index (Phi) is 7.76. The SMILES string of the molecule is c1ccc(-c2cccc(-c3nc(-c4ccccc4)nc(-c4ccc(-c5ccc(-c6ccc7oc(-c8ccccc8)nc7c6)cc5)cc4)n3)c2)cc1. The molecule has 0 saturated heterocycles. The van der Waals surface area contributed by atoms with E-state index >= 15 is 0 Å². The Labute approximate surface area is 295 Å². The number of hydrogen-bond donors (Lipinski definition) is 0. The van der Waals surface area contributed by atoms with Crippen LogP contribution < -0.4 is 0 Å². The molecule has 0 radical (unpaired) electrons. The minimum atomic E-state index is 0.628. The van der Waals surface area contributed by atoms with E-state index in [4.69, 9.17) is 24.4 Å². The normalized spacial score (nSPS) is 11.1. The first-order valence-electron chi connectivity index (χ1n) is 16.9. The monoisotopic (exact) mass is 654 g/mol. The zero-order valence-corrected chi connectivity index (χ0v) is 27.5. The maximum Gasteiger partial charge on any atom is 0.227 e. The van der Waals surface area contributed by atoms with Crippen LogP contribution in [0.3, 0.4) is 0 Å². The summed E-state index contributed by atoms with van der Waals surface area (Å²) in [4.78, 5) is 19.6. The van der Waals surface area contributed by atoms with E-state index in [9.17, 15) is 0 Å². The minimum absolute atomic E-state index is 0.628. The van der Waals surface area contributed by atoms with Gasteiger partial charge in [0.1, 0.15) is 5.52 Å². The van der Waals surface area contributed by atoms with Crippen molar-refractivity contribution in [3.63, 3.8) is 0 Å². The van der Waals surface area contributed by atoms with Crippen LogP contribution in [-0.2, 0) is 0 Å². The number of fused-ring (bicyclic) bond motifs is 1. The standard InChI is InChI=1S/C46H30N4O/c1-4-11-31(12-5-1)38-17-10-18-40(29-38)45-49-43(35-13-6-2-7-14-35)48-44(50-45)36-25-23-33(24-26-36)32-19-21-34(22-20-32)39-27-28-42-41(30-39)47-46(51-42)37-15-8-3-9-16-37/h1-30H. The molecule has 2 aromatic heterocycles. The first kappa shape index (κ1) is 30.1. The molecule has 0 atom stereocenters. The average molecular weight is 655 g/mol. The van der Waals surface area contributed by atoms with Crippen molar-refractivity contribution in [3.8, 4) is 79.0 Å². The molecule has 240 valence electrons. The topological polar surface area (TPSA) is 64.7 Å². The number of rotatable bonds is 7. The van der Waals surface area contributed by atoms with E-state index in [1.165, 1.54) is 0 Å². The summed E-state index contributed by atoms with van der Waals surface area (Å²) in [6, 6.07) is 61.9. The second-order valence-corrected chi connectivity index (χ2v) is 12.3. The van der Waals surface area contributed by atoms with E-state index in [1.807, 2.05) is 72.8 Å². The fraction of sp³-hybridized carbons (Fsp3) is 0. The van der Waals surface area contributed by atoms with Crippen LogP contribution in [0.5, 0.6) is 0 Å². The fourth-order valence-electron chi connectivity index (χ4n) is 6.30. The molecule has 0 aliphatic heterocycles. The average Bonchev–Trinajstić information content (AvgIpc) is 3.66. The molecule has 0 aliphatic carbocycles. The number of hydrogen-bond acceptors (Lipinski definition) is 5. The maximum absolute atomic E-state index is 6.02. The van der Waals surface area contributed by atoms with Crippen molar-refractivity contribution < 1.29 is 4.42 Å². The van der Waals surface area contributed by atoms with Crippen molar-refractivity contribution in [3.05, 3.63) is 182 Å². The maximum atomic E-state index is 6.02. The van der Waals surface area contributed by atoms with Gasteiger partial charge in [0, 0.05) is 22.3 Å². The van der Waals surface area contributed by atoms with Gasteiger partial charge in [0.2, 0.25) is 5.89 Å². The highest BCUT2D eigenvalue weighted by Crippen LogP contribution is 2.32. The van der Waals surface area contributed by atoms with Crippen molar-refractivity contribution >= 4 is 11.1 Å². The Balaban J connectivity index is 1.01. The van der Waals surface area contributed by atoms with Gasteiger partial charge in [-0.25, -0.2) is 19.9 Å². The molecule has 0 bridgehead atoms.